The van der Waals surface area contributed by atoms with Crippen molar-refractivity contribution < 1.29 is 13.6 Å². The predicted molar refractivity (Wildman–Crippen MR) is 93.8 cm³/mol. The Kier molecular flexibility index (Phi) is 4.57. The summed E-state index contributed by atoms with van der Waals surface area (Å²) in [5.74, 6) is 0.275. The fraction of sp³-hybridized carbons (Fsp3) is 0.450. The first-order valence-electron chi connectivity index (χ1n) is 9.10. The Bertz CT molecular complexity index is 752. The quantitative estimate of drug-likeness (QED) is 0.848. The average Bonchev–Trinajstić information content (AvgIpc) is 3.37. The van der Waals surface area contributed by atoms with E-state index in [1.165, 1.54) is 18.9 Å². The molecule has 0 N–H and O–H groups in total. The minimum absolute atomic E-state index is 0.0794. The van der Waals surface area contributed by atoms with Gasteiger partial charge in [-0.1, -0.05) is 12.1 Å². The molecule has 2 saturated heterocycles. The fourth-order valence-corrected chi connectivity index (χ4v) is 3.96. The summed E-state index contributed by atoms with van der Waals surface area (Å²) in [5.41, 5.74) is 0.386. The van der Waals surface area contributed by atoms with Gasteiger partial charge in [0.1, 0.15) is 11.6 Å². The van der Waals surface area contributed by atoms with Crippen LogP contribution in [-0.2, 0) is 0 Å². The minimum Gasteiger partial charge on any atom is -0.451 e. The molecule has 2 fully saturated rings. The van der Waals surface area contributed by atoms with Crippen molar-refractivity contribution in [3.05, 3.63) is 48.0 Å². The number of carbonyl (C=O) groups is 1. The Balaban J connectivity index is 1.49. The highest BCUT2D eigenvalue weighted by Crippen LogP contribution is 2.27. The van der Waals surface area contributed by atoms with Crippen LogP contribution in [0.1, 0.15) is 36.2 Å². The Labute approximate surface area is 147 Å². The van der Waals surface area contributed by atoms with Gasteiger partial charge in [-0.05, 0) is 63.0 Å². The van der Waals surface area contributed by atoms with Gasteiger partial charge in [-0.2, -0.15) is 0 Å². The van der Waals surface area contributed by atoms with Gasteiger partial charge < -0.3 is 14.2 Å². The topological polar surface area (TPSA) is 36.7 Å². The molecule has 1 aromatic heterocycles. The number of amides is 1. The van der Waals surface area contributed by atoms with Crippen molar-refractivity contribution in [2.24, 2.45) is 0 Å². The van der Waals surface area contributed by atoms with E-state index in [0.717, 1.165) is 39.0 Å². The first-order valence-corrected chi connectivity index (χ1v) is 9.10. The van der Waals surface area contributed by atoms with Crippen LogP contribution in [0.25, 0.3) is 11.3 Å². The summed E-state index contributed by atoms with van der Waals surface area (Å²) >= 11 is 0. The summed E-state index contributed by atoms with van der Waals surface area (Å²) < 4.78 is 19.6. The molecular weight excluding hydrogens is 319 g/mol. The van der Waals surface area contributed by atoms with Gasteiger partial charge in [0.2, 0.25) is 0 Å². The Morgan fingerprint density at radius 3 is 2.68 bits per heavy atom. The molecule has 5 heteroatoms. The number of benzene rings is 1. The zero-order valence-corrected chi connectivity index (χ0v) is 14.3. The zero-order valence-electron chi connectivity index (χ0n) is 14.3. The number of rotatable bonds is 4. The Morgan fingerprint density at radius 1 is 1.08 bits per heavy atom. The van der Waals surface area contributed by atoms with E-state index in [2.05, 4.69) is 4.90 Å². The van der Waals surface area contributed by atoms with Crippen LogP contribution < -0.4 is 0 Å². The van der Waals surface area contributed by atoms with Crippen molar-refractivity contribution >= 4 is 5.91 Å². The number of hydrogen-bond acceptors (Lipinski definition) is 3. The minimum atomic E-state index is -0.344. The van der Waals surface area contributed by atoms with Crippen LogP contribution in [0.2, 0.25) is 0 Å². The van der Waals surface area contributed by atoms with Crippen LogP contribution in [0.15, 0.2) is 40.8 Å². The van der Waals surface area contributed by atoms with Crippen LogP contribution >= 0.6 is 0 Å². The molecule has 4 rings (SSSR count). The molecule has 132 valence electrons. The van der Waals surface area contributed by atoms with Crippen LogP contribution in [0.5, 0.6) is 0 Å². The molecule has 0 radical (unpaired) electrons. The molecule has 25 heavy (non-hydrogen) atoms. The smallest absolute Gasteiger partial charge is 0.289 e. The van der Waals surface area contributed by atoms with E-state index < -0.39 is 0 Å². The molecule has 0 spiro atoms. The highest BCUT2D eigenvalue weighted by Gasteiger charge is 2.32. The molecular formula is C20H23FN2O2. The molecule has 4 nitrogen and oxygen atoms in total. The Hall–Kier alpha value is -2.14. The normalized spacial score (nSPS) is 21.2. The van der Waals surface area contributed by atoms with E-state index in [1.807, 2.05) is 4.90 Å². The van der Waals surface area contributed by atoms with Crippen LogP contribution in [0.3, 0.4) is 0 Å². The van der Waals surface area contributed by atoms with Crippen molar-refractivity contribution in [2.45, 2.75) is 31.7 Å². The molecule has 1 amide bonds. The van der Waals surface area contributed by atoms with Crippen molar-refractivity contribution in [1.29, 1.82) is 0 Å². The van der Waals surface area contributed by atoms with Crippen LogP contribution in [-0.4, -0.2) is 47.9 Å². The fourth-order valence-electron chi connectivity index (χ4n) is 3.96. The average molecular weight is 342 g/mol. The lowest BCUT2D eigenvalue weighted by molar-refractivity contribution is 0.0677. The zero-order chi connectivity index (χ0) is 17.2. The molecule has 0 saturated carbocycles. The molecule has 2 aromatic rings. The number of halogens is 1. The highest BCUT2D eigenvalue weighted by molar-refractivity contribution is 5.92. The van der Waals surface area contributed by atoms with E-state index in [-0.39, 0.29) is 17.8 Å². The molecule has 2 aliphatic heterocycles. The molecule has 1 aromatic carbocycles. The third-order valence-corrected chi connectivity index (χ3v) is 5.26. The van der Waals surface area contributed by atoms with Gasteiger partial charge in [-0.15, -0.1) is 0 Å². The summed E-state index contributed by atoms with van der Waals surface area (Å²) in [7, 11) is 0. The maximum Gasteiger partial charge on any atom is 0.289 e. The van der Waals surface area contributed by atoms with Crippen LogP contribution in [0, 0.1) is 5.82 Å². The first kappa shape index (κ1) is 16.3. The maximum absolute atomic E-state index is 13.9. The number of nitrogens with zero attached hydrogens (tertiary/aromatic N) is 2. The standard InChI is InChI=1S/C20H23FN2O2/c21-17-8-2-1-7-16(17)18-9-10-19(25-18)20(24)23-13-5-6-15(23)14-22-11-3-4-12-22/h1-2,7-10,15H,3-6,11-14H2/t15-/m0/s1. The maximum atomic E-state index is 13.9. The second kappa shape index (κ2) is 7.00. The molecule has 1 atom stereocenters. The van der Waals surface area contributed by atoms with Gasteiger partial charge in [0.25, 0.3) is 5.91 Å². The van der Waals surface area contributed by atoms with Gasteiger partial charge in [0.15, 0.2) is 5.76 Å². The van der Waals surface area contributed by atoms with Gasteiger partial charge >= 0.3 is 0 Å². The van der Waals surface area contributed by atoms with Crippen molar-refractivity contribution in [2.75, 3.05) is 26.2 Å². The summed E-state index contributed by atoms with van der Waals surface area (Å²) in [6, 6.07) is 10.1. The second-order valence-electron chi connectivity index (χ2n) is 6.95. The van der Waals surface area contributed by atoms with E-state index >= 15 is 0 Å². The lowest BCUT2D eigenvalue weighted by atomic mass is 10.1. The second-order valence-corrected chi connectivity index (χ2v) is 6.95. The molecule has 2 aliphatic rings. The van der Waals surface area contributed by atoms with Gasteiger partial charge in [-0.25, -0.2) is 4.39 Å². The third kappa shape index (κ3) is 3.33. The molecule has 0 bridgehead atoms. The summed E-state index contributed by atoms with van der Waals surface area (Å²) in [6.07, 6.45) is 4.59. The first-order chi connectivity index (χ1) is 12.2. The third-order valence-electron chi connectivity index (χ3n) is 5.26. The van der Waals surface area contributed by atoms with Crippen molar-refractivity contribution in [1.82, 2.24) is 9.80 Å². The number of likely N-dealkylation sites (tertiary alicyclic amines) is 2. The van der Waals surface area contributed by atoms with Crippen molar-refractivity contribution in [3.8, 4) is 11.3 Å². The SMILES string of the molecule is O=C(c1ccc(-c2ccccc2F)o1)N1CCC[C@H]1CN1CCCC1. The van der Waals surface area contributed by atoms with E-state index in [0.29, 0.717) is 17.1 Å². The van der Waals surface area contributed by atoms with E-state index in [9.17, 15) is 9.18 Å². The highest BCUT2D eigenvalue weighted by atomic mass is 19.1. The monoisotopic (exact) mass is 342 g/mol. The predicted octanol–water partition coefficient (Wildman–Crippen LogP) is 3.79. The van der Waals surface area contributed by atoms with Gasteiger partial charge in [-0.3, -0.25) is 4.79 Å². The van der Waals surface area contributed by atoms with Gasteiger partial charge in [0.05, 0.1) is 5.56 Å². The summed E-state index contributed by atoms with van der Waals surface area (Å²) in [5, 5.41) is 0. The summed E-state index contributed by atoms with van der Waals surface area (Å²) in [6.45, 7) is 3.99. The molecule has 0 aliphatic carbocycles. The van der Waals surface area contributed by atoms with Crippen LogP contribution in [0.4, 0.5) is 4.39 Å². The number of furan rings is 1. The summed E-state index contributed by atoms with van der Waals surface area (Å²) in [4.78, 5) is 17.3. The lowest BCUT2D eigenvalue weighted by Crippen LogP contribution is -2.42. The van der Waals surface area contributed by atoms with E-state index in [1.54, 1.807) is 30.3 Å². The largest absolute Gasteiger partial charge is 0.451 e. The van der Waals surface area contributed by atoms with Gasteiger partial charge in [0, 0.05) is 19.1 Å². The molecule has 0 unspecified atom stereocenters. The van der Waals surface area contributed by atoms with E-state index in [4.69, 9.17) is 4.42 Å². The number of carbonyl (C=O) groups excluding carboxylic acids is 1. The lowest BCUT2D eigenvalue weighted by Gasteiger charge is -2.27. The number of hydrogen-bond donors (Lipinski definition) is 0. The Morgan fingerprint density at radius 2 is 1.88 bits per heavy atom. The molecule has 3 heterocycles. The van der Waals surface area contributed by atoms with Crippen molar-refractivity contribution in [3.63, 3.8) is 0 Å².